The molecule has 5 rings (SSSR count). The topological polar surface area (TPSA) is 105 Å². The van der Waals surface area contributed by atoms with E-state index >= 15 is 0 Å². The van der Waals surface area contributed by atoms with Crippen LogP contribution in [0.4, 0.5) is 34.6 Å². The predicted molar refractivity (Wildman–Crippen MR) is 139 cm³/mol. The number of aliphatic carboxylic acids is 1. The Morgan fingerprint density at radius 2 is 1.60 bits per heavy atom. The molecule has 3 aromatic rings. The van der Waals surface area contributed by atoms with Gasteiger partial charge in [0.1, 0.15) is 5.82 Å². The molecular weight excluding hydrogens is 530 g/mol. The molecular formula is C28H24F4N5O3-. The summed E-state index contributed by atoms with van der Waals surface area (Å²) in [7, 11) is 0. The van der Waals surface area contributed by atoms with Crippen LogP contribution in [0.3, 0.4) is 0 Å². The molecule has 1 fully saturated rings. The van der Waals surface area contributed by atoms with Crippen LogP contribution in [0.15, 0.2) is 71.7 Å². The number of fused-ring (bicyclic) bond motifs is 1. The van der Waals surface area contributed by atoms with Crippen molar-refractivity contribution in [2.24, 2.45) is 10.7 Å². The van der Waals surface area contributed by atoms with Gasteiger partial charge in [-0.2, -0.15) is 13.2 Å². The molecule has 0 spiro atoms. The van der Waals surface area contributed by atoms with Crippen LogP contribution in [0.1, 0.15) is 33.9 Å². The maximum atomic E-state index is 13.7. The summed E-state index contributed by atoms with van der Waals surface area (Å²) in [4.78, 5) is 33.9. The monoisotopic (exact) mass is 554 g/mol. The first-order valence-corrected chi connectivity index (χ1v) is 12.5. The predicted octanol–water partition coefficient (Wildman–Crippen LogP) is 3.45. The third kappa shape index (κ3) is 5.42. The van der Waals surface area contributed by atoms with Gasteiger partial charge in [-0.1, -0.05) is 6.07 Å². The number of carbonyl (C=O) groups excluding carboxylic acids is 2. The number of aliphatic imine (C=N–C) groups is 1. The number of primary amides is 1. The van der Waals surface area contributed by atoms with E-state index in [0.29, 0.717) is 37.4 Å². The van der Waals surface area contributed by atoms with Crippen molar-refractivity contribution in [2.75, 3.05) is 36.0 Å². The number of halogens is 4. The van der Waals surface area contributed by atoms with Crippen molar-refractivity contribution >= 4 is 34.9 Å². The Bertz CT molecular complexity index is 1470. The molecule has 2 N–H and O–H groups in total. The maximum Gasteiger partial charge on any atom is 0.416 e. The molecule has 208 valence electrons. The van der Waals surface area contributed by atoms with Crippen LogP contribution in [0.25, 0.3) is 0 Å². The molecule has 0 radical (unpaired) electrons. The highest BCUT2D eigenvalue weighted by molar-refractivity contribution is 6.02. The van der Waals surface area contributed by atoms with Gasteiger partial charge in [0.25, 0.3) is 0 Å². The summed E-state index contributed by atoms with van der Waals surface area (Å²) >= 11 is 0. The third-order valence-corrected chi connectivity index (χ3v) is 6.98. The van der Waals surface area contributed by atoms with Gasteiger partial charge in [-0.25, -0.2) is 9.38 Å². The van der Waals surface area contributed by atoms with Crippen LogP contribution in [0.5, 0.6) is 0 Å². The number of nitrogens with zero attached hydrogens (tertiary/aromatic N) is 4. The molecule has 0 saturated carbocycles. The minimum atomic E-state index is -4.63. The normalized spacial score (nSPS) is 17.4. The molecule has 1 amide bonds. The molecule has 1 saturated heterocycles. The van der Waals surface area contributed by atoms with Crippen molar-refractivity contribution in [3.8, 4) is 0 Å². The Hall–Kier alpha value is -4.61. The van der Waals surface area contributed by atoms with E-state index in [4.69, 9.17) is 10.7 Å². The lowest BCUT2D eigenvalue weighted by molar-refractivity contribution is -0.306. The van der Waals surface area contributed by atoms with Crippen LogP contribution in [0, 0.1) is 5.82 Å². The highest BCUT2D eigenvalue weighted by atomic mass is 19.4. The summed E-state index contributed by atoms with van der Waals surface area (Å²) in [6, 6.07) is 14.0. The number of carbonyl (C=O) groups is 2. The van der Waals surface area contributed by atoms with Crippen LogP contribution < -0.4 is 20.6 Å². The van der Waals surface area contributed by atoms with E-state index in [9.17, 15) is 32.3 Å². The number of nitrogens with two attached hydrogens (primary N) is 1. The zero-order valence-corrected chi connectivity index (χ0v) is 21.1. The maximum absolute atomic E-state index is 13.7. The fourth-order valence-electron chi connectivity index (χ4n) is 5.04. The molecule has 0 bridgehead atoms. The number of rotatable bonds is 5. The molecule has 1 unspecified atom stereocenters. The lowest BCUT2D eigenvalue weighted by Crippen LogP contribution is -2.55. The van der Waals surface area contributed by atoms with Crippen molar-refractivity contribution in [1.82, 2.24) is 4.90 Å². The van der Waals surface area contributed by atoms with Crippen LogP contribution in [-0.4, -0.2) is 48.9 Å². The van der Waals surface area contributed by atoms with Crippen LogP contribution in [-0.2, 0) is 11.0 Å². The second-order valence-electron chi connectivity index (χ2n) is 9.51. The van der Waals surface area contributed by atoms with E-state index < -0.39 is 36.1 Å². The Balaban J connectivity index is 1.58. The Morgan fingerprint density at radius 3 is 2.23 bits per heavy atom. The molecule has 1 atom stereocenters. The van der Waals surface area contributed by atoms with Crippen LogP contribution >= 0.6 is 0 Å². The number of hydrogen-bond acceptors (Lipinski definition) is 7. The second-order valence-corrected chi connectivity index (χ2v) is 9.51. The van der Waals surface area contributed by atoms with E-state index in [1.165, 1.54) is 47.4 Å². The van der Waals surface area contributed by atoms with Crippen LogP contribution in [0.2, 0.25) is 0 Å². The number of piperazine rings is 1. The highest BCUT2D eigenvalue weighted by Gasteiger charge is 2.37. The minimum absolute atomic E-state index is 0.0796. The van der Waals surface area contributed by atoms with Crippen molar-refractivity contribution < 1.29 is 32.3 Å². The smallest absolute Gasteiger partial charge is 0.416 e. The van der Waals surface area contributed by atoms with Gasteiger partial charge in [-0.15, -0.1) is 0 Å². The number of anilines is 2. The first kappa shape index (κ1) is 27.0. The number of carboxylic acids is 1. The summed E-state index contributed by atoms with van der Waals surface area (Å²) < 4.78 is 54.4. The van der Waals surface area contributed by atoms with E-state index in [1.807, 2.05) is 9.80 Å². The Morgan fingerprint density at radius 1 is 0.925 bits per heavy atom. The summed E-state index contributed by atoms with van der Waals surface area (Å²) in [5.74, 6) is -2.26. The van der Waals surface area contributed by atoms with Gasteiger partial charge in [-0.3, -0.25) is 4.79 Å². The van der Waals surface area contributed by atoms with Crippen molar-refractivity contribution in [3.63, 3.8) is 0 Å². The summed E-state index contributed by atoms with van der Waals surface area (Å²) in [6.45, 7) is 1.80. The third-order valence-electron chi connectivity index (χ3n) is 6.98. The fourth-order valence-corrected chi connectivity index (χ4v) is 5.04. The van der Waals surface area contributed by atoms with Gasteiger partial charge in [0, 0.05) is 61.1 Å². The van der Waals surface area contributed by atoms with Gasteiger partial charge >= 0.3 is 6.18 Å². The molecule has 0 aliphatic carbocycles. The standard InChI is InChI=1S/C28H25F4N5O3/c29-19-5-7-20(8-6-19)35-10-12-36(13-11-35)27-34-23-9-4-17(26(33)40)14-22(23)24(16-25(38)39)37(27)21-3-1-2-18(15-21)28(30,31)32/h1-9,14-15,24H,10-13,16H2,(H2,33,40)(H,38,39)/p-1. The highest BCUT2D eigenvalue weighted by Crippen LogP contribution is 2.42. The molecule has 8 nitrogen and oxygen atoms in total. The number of amides is 1. The molecule has 0 aromatic heterocycles. The summed E-state index contributed by atoms with van der Waals surface area (Å²) in [5.41, 5.74) is 6.24. The van der Waals surface area contributed by atoms with Gasteiger partial charge in [-0.05, 0) is 60.7 Å². The zero-order valence-electron chi connectivity index (χ0n) is 21.1. The molecule has 2 aliphatic rings. The van der Waals surface area contributed by atoms with Gasteiger partial charge in [0.2, 0.25) is 11.9 Å². The second kappa shape index (κ2) is 10.5. The van der Waals surface area contributed by atoms with E-state index in [0.717, 1.165) is 17.8 Å². The number of guanidine groups is 1. The Kier molecular flexibility index (Phi) is 7.09. The summed E-state index contributed by atoms with van der Waals surface area (Å²) in [6.07, 6.45) is -5.22. The first-order valence-electron chi connectivity index (χ1n) is 12.5. The zero-order chi connectivity index (χ0) is 28.6. The number of benzene rings is 3. The lowest BCUT2D eigenvalue weighted by atomic mass is 9.95. The van der Waals surface area contributed by atoms with E-state index in [1.54, 1.807) is 12.1 Å². The fraction of sp³-hybridized carbons (Fsp3) is 0.250. The Labute approximate surface area is 226 Å². The number of alkyl halides is 3. The molecule has 2 heterocycles. The minimum Gasteiger partial charge on any atom is -0.550 e. The molecule has 12 heteroatoms. The first-order chi connectivity index (χ1) is 19.0. The number of carboxylic acid groups (broad SMARTS) is 1. The lowest BCUT2D eigenvalue weighted by Gasteiger charge is -2.45. The van der Waals surface area contributed by atoms with Crippen molar-refractivity contribution in [1.29, 1.82) is 0 Å². The molecule has 40 heavy (non-hydrogen) atoms. The SMILES string of the molecule is NC(=O)c1ccc2c(c1)C(CC(=O)[O-])N(c1cccc(C(F)(F)F)c1)C(N1CCN(c3ccc(F)cc3)CC1)=N2. The average molecular weight is 555 g/mol. The van der Waals surface area contributed by atoms with Crippen molar-refractivity contribution in [2.45, 2.75) is 18.6 Å². The summed E-state index contributed by atoms with van der Waals surface area (Å²) in [5, 5.41) is 11.9. The van der Waals surface area contributed by atoms with Gasteiger partial charge < -0.3 is 30.3 Å². The molecule has 3 aromatic carbocycles. The average Bonchev–Trinajstić information content (AvgIpc) is 2.92. The molecule has 2 aliphatic heterocycles. The van der Waals surface area contributed by atoms with Crippen molar-refractivity contribution in [3.05, 3.63) is 89.2 Å². The number of hydrogen-bond donors (Lipinski definition) is 1. The van der Waals surface area contributed by atoms with E-state index in [-0.39, 0.29) is 23.0 Å². The van der Waals surface area contributed by atoms with Gasteiger partial charge in [0.15, 0.2) is 0 Å². The largest absolute Gasteiger partial charge is 0.550 e. The quantitative estimate of drug-likeness (QED) is 0.485. The van der Waals surface area contributed by atoms with E-state index in [2.05, 4.69) is 0 Å². The van der Waals surface area contributed by atoms with Gasteiger partial charge in [0.05, 0.1) is 17.3 Å².